The first-order valence-electron chi connectivity index (χ1n) is 5.47. The first-order chi connectivity index (χ1) is 8.18. The molecule has 1 heterocycles. The van der Waals surface area contributed by atoms with E-state index in [4.69, 9.17) is 16.3 Å². The highest BCUT2D eigenvalue weighted by molar-refractivity contribution is 6.29. The van der Waals surface area contributed by atoms with Crippen LogP contribution in [0, 0.1) is 5.92 Å². The number of ether oxygens (including phenoxy) is 1. The maximum absolute atomic E-state index is 12.5. The summed E-state index contributed by atoms with van der Waals surface area (Å²) in [6.45, 7) is 5.76. The Balaban J connectivity index is 2.87. The molecule has 1 aromatic heterocycles. The summed E-state index contributed by atoms with van der Waals surface area (Å²) >= 11 is 5.51. The normalized spacial score (nSPS) is 13.8. The van der Waals surface area contributed by atoms with Crippen LogP contribution in [0.4, 0.5) is 13.2 Å². The van der Waals surface area contributed by atoms with Crippen LogP contribution < -0.4 is 4.74 Å². The van der Waals surface area contributed by atoms with Crippen molar-refractivity contribution in [1.82, 2.24) is 9.97 Å². The second-order valence-electron chi connectivity index (χ2n) is 4.41. The Morgan fingerprint density at radius 2 is 1.89 bits per heavy atom. The Morgan fingerprint density at radius 3 is 2.39 bits per heavy atom. The zero-order valence-corrected chi connectivity index (χ0v) is 11.0. The summed E-state index contributed by atoms with van der Waals surface area (Å²) in [5.41, 5.74) is 0. The van der Waals surface area contributed by atoms with Crippen molar-refractivity contribution in [1.29, 1.82) is 0 Å². The van der Waals surface area contributed by atoms with Crippen LogP contribution in [0.15, 0.2) is 6.07 Å². The van der Waals surface area contributed by atoms with Gasteiger partial charge in [-0.3, -0.25) is 0 Å². The van der Waals surface area contributed by atoms with Crippen LogP contribution in [0.3, 0.4) is 0 Å². The number of aromatic nitrogens is 2. The molecule has 1 rings (SSSR count). The van der Waals surface area contributed by atoms with E-state index in [2.05, 4.69) is 9.97 Å². The molecule has 0 aliphatic carbocycles. The SMILES string of the molecule is CC(C)CC(C)Oc1cc(Cl)nc(C(F)(F)F)n1. The molecule has 1 atom stereocenters. The van der Waals surface area contributed by atoms with Crippen molar-refractivity contribution in [3.8, 4) is 5.88 Å². The van der Waals surface area contributed by atoms with E-state index in [9.17, 15) is 13.2 Å². The summed E-state index contributed by atoms with van der Waals surface area (Å²) in [6, 6.07) is 1.17. The zero-order chi connectivity index (χ0) is 13.9. The molecule has 0 spiro atoms. The van der Waals surface area contributed by atoms with Crippen molar-refractivity contribution in [2.75, 3.05) is 0 Å². The molecule has 0 fully saturated rings. The third-order valence-corrected chi connectivity index (χ3v) is 2.24. The van der Waals surface area contributed by atoms with Crippen LogP contribution in [0.1, 0.15) is 33.0 Å². The molecular weight excluding hydrogens is 269 g/mol. The smallest absolute Gasteiger partial charge is 0.451 e. The molecule has 0 radical (unpaired) electrons. The highest BCUT2D eigenvalue weighted by Crippen LogP contribution is 2.29. The highest BCUT2D eigenvalue weighted by atomic mass is 35.5. The molecule has 18 heavy (non-hydrogen) atoms. The van der Waals surface area contributed by atoms with Gasteiger partial charge in [0.15, 0.2) is 0 Å². The predicted molar refractivity (Wildman–Crippen MR) is 61.6 cm³/mol. The standard InChI is InChI=1S/C11H14ClF3N2O/c1-6(2)4-7(3)18-9-5-8(12)16-10(17-9)11(13,14)15/h5-7H,4H2,1-3H3. The minimum absolute atomic E-state index is 0.157. The second-order valence-corrected chi connectivity index (χ2v) is 4.80. The first kappa shape index (κ1) is 15.0. The van der Waals surface area contributed by atoms with Crippen molar-refractivity contribution in [2.24, 2.45) is 5.92 Å². The van der Waals surface area contributed by atoms with E-state index < -0.39 is 12.0 Å². The van der Waals surface area contributed by atoms with E-state index in [-0.39, 0.29) is 17.1 Å². The topological polar surface area (TPSA) is 35.0 Å². The van der Waals surface area contributed by atoms with Crippen LogP contribution in [0.25, 0.3) is 0 Å². The molecule has 0 aliphatic heterocycles. The maximum Gasteiger partial charge on any atom is 0.451 e. The van der Waals surface area contributed by atoms with Crippen molar-refractivity contribution in [3.63, 3.8) is 0 Å². The monoisotopic (exact) mass is 282 g/mol. The number of hydrogen-bond acceptors (Lipinski definition) is 3. The molecular formula is C11H14ClF3N2O. The van der Waals surface area contributed by atoms with Crippen LogP contribution >= 0.6 is 11.6 Å². The third kappa shape index (κ3) is 4.68. The summed E-state index contributed by atoms with van der Waals surface area (Å²) < 4.78 is 42.7. The zero-order valence-electron chi connectivity index (χ0n) is 10.3. The Labute approximate surface area is 108 Å². The lowest BCUT2D eigenvalue weighted by atomic mass is 10.1. The number of nitrogens with zero attached hydrogens (tertiary/aromatic N) is 2. The Kier molecular flexibility index (Phi) is 4.78. The Morgan fingerprint density at radius 1 is 1.28 bits per heavy atom. The molecule has 102 valence electrons. The number of alkyl halides is 3. The Hall–Kier alpha value is -1.04. The lowest BCUT2D eigenvalue weighted by molar-refractivity contribution is -0.145. The minimum Gasteiger partial charge on any atom is -0.475 e. The fraction of sp³-hybridized carbons (Fsp3) is 0.636. The van der Waals surface area contributed by atoms with Crippen molar-refractivity contribution in [2.45, 2.75) is 39.5 Å². The van der Waals surface area contributed by atoms with Gasteiger partial charge in [0, 0.05) is 6.07 Å². The van der Waals surface area contributed by atoms with E-state index in [0.717, 1.165) is 0 Å². The molecule has 1 unspecified atom stereocenters. The van der Waals surface area contributed by atoms with E-state index in [1.807, 2.05) is 13.8 Å². The van der Waals surface area contributed by atoms with Crippen molar-refractivity contribution in [3.05, 3.63) is 17.0 Å². The van der Waals surface area contributed by atoms with Gasteiger partial charge in [0.25, 0.3) is 0 Å². The molecule has 7 heteroatoms. The predicted octanol–water partition coefficient (Wildman–Crippen LogP) is 3.96. The molecule has 0 saturated carbocycles. The largest absolute Gasteiger partial charge is 0.475 e. The number of halogens is 4. The van der Waals surface area contributed by atoms with Gasteiger partial charge in [-0.15, -0.1) is 0 Å². The third-order valence-electron chi connectivity index (χ3n) is 2.05. The summed E-state index contributed by atoms with van der Waals surface area (Å²) in [7, 11) is 0. The molecule has 0 bridgehead atoms. The Bertz CT molecular complexity index is 410. The van der Waals surface area contributed by atoms with Crippen LogP contribution in [0.2, 0.25) is 5.15 Å². The first-order valence-corrected chi connectivity index (χ1v) is 5.84. The fourth-order valence-corrected chi connectivity index (χ4v) is 1.68. The molecule has 0 aromatic carbocycles. The van der Waals surface area contributed by atoms with Gasteiger partial charge in [0.05, 0.1) is 6.10 Å². The van der Waals surface area contributed by atoms with Crippen molar-refractivity contribution >= 4 is 11.6 Å². The summed E-state index contributed by atoms with van der Waals surface area (Å²) in [4.78, 5) is 6.43. The molecule has 0 aliphatic rings. The van der Waals surface area contributed by atoms with Gasteiger partial charge in [0.2, 0.25) is 11.7 Å². The number of rotatable bonds is 4. The van der Waals surface area contributed by atoms with Crippen molar-refractivity contribution < 1.29 is 17.9 Å². The summed E-state index contributed by atoms with van der Waals surface area (Å²) in [5, 5.41) is -0.288. The molecule has 0 N–H and O–H groups in total. The van der Waals surface area contributed by atoms with Gasteiger partial charge in [-0.25, -0.2) is 4.98 Å². The van der Waals surface area contributed by atoms with E-state index >= 15 is 0 Å². The molecule has 0 amide bonds. The van der Waals surface area contributed by atoms with Gasteiger partial charge in [-0.1, -0.05) is 25.4 Å². The van der Waals surface area contributed by atoms with Gasteiger partial charge >= 0.3 is 6.18 Å². The maximum atomic E-state index is 12.5. The van der Waals surface area contributed by atoms with E-state index in [1.165, 1.54) is 6.07 Å². The number of hydrogen-bond donors (Lipinski definition) is 0. The van der Waals surface area contributed by atoms with Crippen LogP contribution in [-0.2, 0) is 6.18 Å². The summed E-state index contributed by atoms with van der Waals surface area (Å²) in [6.07, 6.45) is -4.16. The van der Waals surface area contributed by atoms with E-state index in [0.29, 0.717) is 12.3 Å². The van der Waals surface area contributed by atoms with Gasteiger partial charge in [-0.2, -0.15) is 18.2 Å². The van der Waals surface area contributed by atoms with Crippen LogP contribution in [-0.4, -0.2) is 16.1 Å². The van der Waals surface area contributed by atoms with Gasteiger partial charge < -0.3 is 4.74 Å². The highest BCUT2D eigenvalue weighted by Gasteiger charge is 2.35. The average molecular weight is 283 g/mol. The second kappa shape index (κ2) is 5.73. The van der Waals surface area contributed by atoms with Gasteiger partial charge in [0.1, 0.15) is 5.15 Å². The summed E-state index contributed by atoms with van der Waals surface area (Å²) in [5.74, 6) is -1.07. The fourth-order valence-electron chi connectivity index (χ4n) is 1.50. The molecule has 1 aromatic rings. The van der Waals surface area contributed by atoms with Crippen LogP contribution in [0.5, 0.6) is 5.88 Å². The molecule has 0 saturated heterocycles. The molecule has 3 nitrogen and oxygen atoms in total. The lowest BCUT2D eigenvalue weighted by Gasteiger charge is -2.16. The average Bonchev–Trinajstić information content (AvgIpc) is 2.13. The van der Waals surface area contributed by atoms with E-state index in [1.54, 1.807) is 6.92 Å². The lowest BCUT2D eigenvalue weighted by Crippen LogP contribution is -2.17. The van der Waals surface area contributed by atoms with Gasteiger partial charge in [-0.05, 0) is 19.3 Å². The minimum atomic E-state index is -4.63. The quantitative estimate of drug-likeness (QED) is 0.784.